The summed E-state index contributed by atoms with van der Waals surface area (Å²) in [5.41, 5.74) is 1.34. The molecule has 33 heavy (non-hydrogen) atoms. The number of carbonyl (C=O) groups is 1. The molecule has 0 aromatic heterocycles. The summed E-state index contributed by atoms with van der Waals surface area (Å²) in [5, 5.41) is 8.76. The number of nitrogens with zero attached hydrogens (tertiary/aromatic N) is 2. The predicted molar refractivity (Wildman–Crippen MR) is 127 cm³/mol. The van der Waals surface area contributed by atoms with E-state index < -0.39 is 21.8 Å². The van der Waals surface area contributed by atoms with E-state index >= 15 is 0 Å². The molecule has 0 spiro atoms. The number of carboxylic acids is 1. The molecule has 10 heteroatoms. The van der Waals surface area contributed by atoms with E-state index in [1.54, 1.807) is 19.4 Å². The summed E-state index contributed by atoms with van der Waals surface area (Å²) in [7, 11) is -2.34. The topological polar surface area (TPSA) is 87.1 Å². The molecule has 7 nitrogen and oxygen atoms in total. The first-order valence-corrected chi connectivity index (χ1v) is 13.2. The predicted octanol–water partition coefficient (Wildman–Crippen LogP) is 5.01. The van der Waals surface area contributed by atoms with Crippen molar-refractivity contribution in [2.75, 3.05) is 24.7 Å². The SMILES string of the molecule is CCCC[C@H]1CN(c2ccccc2)c2cc(SC)c(O/C=C(\F)C(=O)O)cc2S(=O)(=O)N1C. The molecule has 1 heterocycles. The number of anilines is 2. The Morgan fingerprint density at radius 3 is 2.61 bits per heavy atom. The number of unbranched alkanes of at least 4 members (excludes halogenated alkanes) is 1. The Morgan fingerprint density at radius 2 is 2.00 bits per heavy atom. The van der Waals surface area contributed by atoms with E-state index in [1.165, 1.54) is 22.1 Å². The van der Waals surface area contributed by atoms with Gasteiger partial charge < -0.3 is 14.7 Å². The number of sulfonamides is 1. The first kappa shape index (κ1) is 25.1. The van der Waals surface area contributed by atoms with Crippen LogP contribution in [0, 0.1) is 0 Å². The molecule has 1 N–H and O–H groups in total. The van der Waals surface area contributed by atoms with Gasteiger partial charge in [0.25, 0.3) is 0 Å². The largest absolute Gasteiger partial charge is 0.476 e. The third-order valence-electron chi connectivity index (χ3n) is 5.55. The maximum atomic E-state index is 13.6. The first-order chi connectivity index (χ1) is 15.7. The molecule has 0 saturated carbocycles. The number of para-hydroxylation sites is 1. The lowest BCUT2D eigenvalue weighted by Crippen LogP contribution is -2.40. The molecule has 0 fully saturated rings. The zero-order chi connectivity index (χ0) is 24.2. The van der Waals surface area contributed by atoms with Crippen LogP contribution >= 0.6 is 11.8 Å². The van der Waals surface area contributed by atoms with Crippen LogP contribution in [0.15, 0.2) is 64.3 Å². The fourth-order valence-corrected chi connectivity index (χ4v) is 5.81. The second kappa shape index (κ2) is 10.6. The molecule has 0 radical (unpaired) electrons. The van der Waals surface area contributed by atoms with Crippen LogP contribution in [-0.2, 0) is 14.8 Å². The van der Waals surface area contributed by atoms with Crippen molar-refractivity contribution in [3.63, 3.8) is 0 Å². The monoisotopic (exact) mass is 494 g/mol. The minimum absolute atomic E-state index is 0.0183. The molecular weight excluding hydrogens is 467 g/mol. The van der Waals surface area contributed by atoms with Crippen LogP contribution in [0.5, 0.6) is 5.75 Å². The van der Waals surface area contributed by atoms with Gasteiger partial charge in [0.2, 0.25) is 15.9 Å². The van der Waals surface area contributed by atoms with Crippen LogP contribution in [0.4, 0.5) is 15.8 Å². The van der Waals surface area contributed by atoms with Gasteiger partial charge in [0, 0.05) is 31.4 Å². The molecule has 0 unspecified atom stereocenters. The molecule has 1 atom stereocenters. The smallest absolute Gasteiger partial charge is 0.368 e. The van der Waals surface area contributed by atoms with Crippen LogP contribution < -0.4 is 9.64 Å². The molecule has 178 valence electrons. The standard InChI is InChI=1S/C23H27FN2O5S2/c1-4-5-9-17-14-26(16-10-7-6-8-11-16)19-12-21(32-3)20(31-15-18(24)23(27)28)13-22(19)33(29,30)25(17)2/h6-8,10-13,15,17H,4-5,9,14H2,1-3H3,(H,27,28)/b18-15-/t17-/m0/s1. The fraction of sp³-hybridized carbons (Fsp3) is 0.348. The maximum Gasteiger partial charge on any atom is 0.368 e. The van der Waals surface area contributed by atoms with Crippen molar-refractivity contribution >= 4 is 39.1 Å². The third kappa shape index (κ3) is 5.34. The molecular formula is C23H27FN2O5S2. The Hall–Kier alpha value is -2.56. The number of fused-ring (bicyclic) bond motifs is 1. The number of halogens is 1. The lowest BCUT2D eigenvalue weighted by atomic mass is 10.1. The van der Waals surface area contributed by atoms with Crippen LogP contribution in [0.1, 0.15) is 26.2 Å². The zero-order valence-corrected chi connectivity index (χ0v) is 20.3. The summed E-state index contributed by atoms with van der Waals surface area (Å²) in [6.45, 7) is 2.53. The van der Waals surface area contributed by atoms with Gasteiger partial charge >= 0.3 is 5.97 Å². The van der Waals surface area contributed by atoms with Crippen molar-refractivity contribution in [3.05, 3.63) is 54.6 Å². The number of thioether (sulfide) groups is 1. The van der Waals surface area contributed by atoms with Gasteiger partial charge in [-0.15, -0.1) is 11.8 Å². The van der Waals surface area contributed by atoms with Crippen molar-refractivity contribution in [1.82, 2.24) is 4.31 Å². The minimum Gasteiger partial charge on any atom is -0.476 e. The molecule has 2 aromatic rings. The Morgan fingerprint density at radius 1 is 1.30 bits per heavy atom. The highest BCUT2D eigenvalue weighted by Crippen LogP contribution is 2.43. The summed E-state index contributed by atoms with van der Waals surface area (Å²) in [6, 6.07) is 12.3. The molecule has 0 bridgehead atoms. The molecule has 3 rings (SSSR count). The van der Waals surface area contributed by atoms with Crippen LogP contribution in [0.2, 0.25) is 0 Å². The number of likely N-dealkylation sites (N-methyl/N-ethyl adjacent to an activating group) is 1. The quantitative estimate of drug-likeness (QED) is 0.313. The normalized spacial score (nSPS) is 18.5. The zero-order valence-electron chi connectivity index (χ0n) is 18.7. The van der Waals surface area contributed by atoms with Gasteiger partial charge in [-0.05, 0) is 30.9 Å². The summed E-state index contributed by atoms with van der Waals surface area (Å²) in [5.74, 6) is -3.19. The highest BCUT2D eigenvalue weighted by Gasteiger charge is 2.37. The Labute approximate surface area is 197 Å². The first-order valence-electron chi connectivity index (χ1n) is 10.5. The molecule has 0 saturated heterocycles. The molecule has 1 aliphatic heterocycles. The van der Waals surface area contributed by atoms with Gasteiger partial charge in [0.15, 0.2) is 0 Å². The van der Waals surface area contributed by atoms with E-state index in [1.807, 2.05) is 35.2 Å². The van der Waals surface area contributed by atoms with Crippen molar-refractivity contribution < 1.29 is 27.4 Å². The molecule has 2 aromatic carbocycles. The number of hydrogen-bond donors (Lipinski definition) is 1. The van der Waals surface area contributed by atoms with Crippen molar-refractivity contribution in [1.29, 1.82) is 0 Å². The van der Waals surface area contributed by atoms with Gasteiger partial charge in [-0.2, -0.15) is 8.70 Å². The van der Waals surface area contributed by atoms with E-state index in [0.29, 0.717) is 29.8 Å². The van der Waals surface area contributed by atoms with Crippen molar-refractivity contribution in [2.24, 2.45) is 0 Å². The van der Waals surface area contributed by atoms with E-state index in [0.717, 1.165) is 18.5 Å². The summed E-state index contributed by atoms with van der Waals surface area (Å²) < 4.78 is 47.4. The van der Waals surface area contributed by atoms with Gasteiger partial charge in [0.1, 0.15) is 16.9 Å². The molecule has 1 aliphatic rings. The Bertz CT molecular complexity index is 1140. The second-order valence-corrected chi connectivity index (χ2v) is 10.4. The van der Waals surface area contributed by atoms with E-state index in [9.17, 15) is 17.6 Å². The van der Waals surface area contributed by atoms with Crippen molar-refractivity contribution in [3.8, 4) is 5.75 Å². The van der Waals surface area contributed by atoms with E-state index in [4.69, 9.17) is 9.84 Å². The number of aliphatic carboxylic acids is 1. The summed E-state index contributed by atoms with van der Waals surface area (Å²) in [6.07, 6.45) is 4.77. The molecule has 0 amide bonds. The maximum absolute atomic E-state index is 13.6. The Kier molecular flexibility index (Phi) is 8.04. The third-order valence-corrected chi connectivity index (χ3v) is 8.25. The highest BCUT2D eigenvalue weighted by molar-refractivity contribution is 7.98. The van der Waals surface area contributed by atoms with Gasteiger partial charge in [0.05, 0.1) is 10.6 Å². The van der Waals surface area contributed by atoms with Crippen LogP contribution in [-0.4, -0.2) is 49.7 Å². The van der Waals surface area contributed by atoms with Crippen molar-refractivity contribution in [2.45, 2.75) is 42.0 Å². The van der Waals surface area contributed by atoms with E-state index in [-0.39, 0.29) is 16.7 Å². The minimum atomic E-state index is -3.91. The van der Waals surface area contributed by atoms with Gasteiger partial charge in [-0.3, -0.25) is 0 Å². The Balaban J connectivity index is 2.21. The lowest BCUT2D eigenvalue weighted by molar-refractivity contribution is -0.134. The summed E-state index contributed by atoms with van der Waals surface area (Å²) in [4.78, 5) is 13.3. The average molecular weight is 495 g/mol. The highest BCUT2D eigenvalue weighted by atomic mass is 32.2. The summed E-state index contributed by atoms with van der Waals surface area (Å²) >= 11 is 1.29. The average Bonchev–Trinajstić information content (AvgIpc) is 2.89. The van der Waals surface area contributed by atoms with E-state index in [2.05, 4.69) is 6.92 Å². The van der Waals surface area contributed by atoms with Crippen LogP contribution in [0.25, 0.3) is 0 Å². The van der Waals surface area contributed by atoms with Crippen LogP contribution in [0.3, 0.4) is 0 Å². The molecule has 0 aliphatic carbocycles. The fourth-order valence-electron chi connectivity index (χ4n) is 3.71. The lowest BCUT2D eigenvalue weighted by Gasteiger charge is -2.29. The number of ether oxygens (including phenoxy) is 1. The number of benzene rings is 2. The second-order valence-electron chi connectivity index (χ2n) is 7.62. The van der Waals surface area contributed by atoms with Gasteiger partial charge in [-0.25, -0.2) is 13.2 Å². The number of carboxylic acid groups (broad SMARTS) is 1. The number of hydrogen-bond acceptors (Lipinski definition) is 6. The number of rotatable bonds is 8. The van der Waals surface area contributed by atoms with Gasteiger partial charge in [-0.1, -0.05) is 38.0 Å².